The molecule has 106 valence electrons. The quantitative estimate of drug-likeness (QED) is 0.889. The maximum absolute atomic E-state index is 14.0. The first kappa shape index (κ1) is 14.7. The zero-order valence-electron chi connectivity index (χ0n) is 11.8. The first-order chi connectivity index (χ1) is 9.15. The van der Waals surface area contributed by atoms with E-state index in [4.69, 9.17) is 4.74 Å². The van der Waals surface area contributed by atoms with Gasteiger partial charge in [-0.1, -0.05) is 6.07 Å². The smallest absolute Gasteiger partial charge is 0.131 e. The minimum absolute atomic E-state index is 0.0262. The number of methoxy groups -OCH3 is 1. The van der Waals surface area contributed by atoms with Gasteiger partial charge in [0, 0.05) is 22.9 Å². The summed E-state index contributed by atoms with van der Waals surface area (Å²) in [5.41, 5.74) is 0.637. The van der Waals surface area contributed by atoms with E-state index in [0.717, 1.165) is 5.25 Å². The van der Waals surface area contributed by atoms with Gasteiger partial charge < -0.3 is 10.1 Å². The van der Waals surface area contributed by atoms with Gasteiger partial charge in [-0.3, -0.25) is 0 Å². The summed E-state index contributed by atoms with van der Waals surface area (Å²) in [6, 6.07) is 5.45. The van der Waals surface area contributed by atoms with E-state index in [0.29, 0.717) is 17.4 Å². The van der Waals surface area contributed by atoms with Crippen molar-refractivity contribution < 1.29 is 9.13 Å². The SMILES string of the molecule is COc1cccc(F)c1C(C)NC1CCC(SC)C1. The van der Waals surface area contributed by atoms with Crippen LogP contribution >= 0.6 is 11.8 Å². The molecule has 1 aliphatic rings. The predicted molar refractivity (Wildman–Crippen MR) is 79.4 cm³/mol. The van der Waals surface area contributed by atoms with Gasteiger partial charge in [-0.25, -0.2) is 4.39 Å². The van der Waals surface area contributed by atoms with E-state index in [1.165, 1.54) is 25.3 Å². The zero-order valence-corrected chi connectivity index (χ0v) is 12.6. The van der Waals surface area contributed by atoms with Crippen molar-refractivity contribution >= 4 is 11.8 Å². The van der Waals surface area contributed by atoms with Crippen LogP contribution < -0.4 is 10.1 Å². The second kappa shape index (κ2) is 6.62. The molecule has 1 fully saturated rings. The molecule has 0 spiro atoms. The van der Waals surface area contributed by atoms with Crippen LogP contribution in [0.2, 0.25) is 0 Å². The summed E-state index contributed by atoms with van der Waals surface area (Å²) in [5.74, 6) is 0.429. The Balaban J connectivity index is 2.06. The number of hydrogen-bond acceptors (Lipinski definition) is 3. The van der Waals surface area contributed by atoms with Crippen LogP contribution in [0.1, 0.15) is 37.8 Å². The van der Waals surface area contributed by atoms with Gasteiger partial charge >= 0.3 is 0 Å². The van der Waals surface area contributed by atoms with E-state index in [9.17, 15) is 4.39 Å². The molecule has 3 atom stereocenters. The molecule has 1 aliphatic carbocycles. The Labute approximate surface area is 119 Å². The Hall–Kier alpha value is -0.740. The van der Waals surface area contributed by atoms with Crippen molar-refractivity contribution in [1.82, 2.24) is 5.32 Å². The number of nitrogens with one attached hydrogen (secondary N) is 1. The molecule has 19 heavy (non-hydrogen) atoms. The fourth-order valence-electron chi connectivity index (χ4n) is 2.86. The molecule has 1 aromatic carbocycles. The van der Waals surface area contributed by atoms with Crippen LogP contribution in [0, 0.1) is 5.82 Å². The number of hydrogen-bond donors (Lipinski definition) is 1. The Morgan fingerprint density at radius 3 is 2.84 bits per heavy atom. The van der Waals surface area contributed by atoms with E-state index in [1.807, 2.05) is 24.8 Å². The molecular formula is C15H22FNOS. The topological polar surface area (TPSA) is 21.3 Å². The second-order valence-electron chi connectivity index (χ2n) is 5.11. The average molecular weight is 283 g/mol. The molecule has 3 unspecified atom stereocenters. The van der Waals surface area contributed by atoms with E-state index in [1.54, 1.807) is 13.2 Å². The number of halogens is 1. The third-order valence-corrected chi connectivity index (χ3v) is 4.96. The van der Waals surface area contributed by atoms with Crippen molar-refractivity contribution in [2.24, 2.45) is 0 Å². The highest BCUT2D eigenvalue weighted by molar-refractivity contribution is 7.99. The van der Waals surface area contributed by atoms with Crippen LogP contribution in [0.5, 0.6) is 5.75 Å². The maximum atomic E-state index is 14.0. The van der Waals surface area contributed by atoms with Gasteiger partial charge in [0.1, 0.15) is 11.6 Å². The summed E-state index contributed by atoms with van der Waals surface area (Å²) in [5, 5.41) is 4.28. The third-order valence-electron chi connectivity index (χ3n) is 3.87. The molecule has 1 N–H and O–H groups in total. The summed E-state index contributed by atoms with van der Waals surface area (Å²) in [6.07, 6.45) is 5.76. The molecule has 0 aliphatic heterocycles. The van der Waals surface area contributed by atoms with E-state index in [2.05, 4.69) is 11.6 Å². The first-order valence-electron chi connectivity index (χ1n) is 6.77. The fraction of sp³-hybridized carbons (Fsp3) is 0.600. The molecule has 4 heteroatoms. The Morgan fingerprint density at radius 1 is 1.42 bits per heavy atom. The zero-order chi connectivity index (χ0) is 13.8. The molecular weight excluding hydrogens is 261 g/mol. The highest BCUT2D eigenvalue weighted by atomic mass is 32.2. The molecule has 0 radical (unpaired) electrons. The molecule has 0 heterocycles. The van der Waals surface area contributed by atoms with Crippen LogP contribution in [0.4, 0.5) is 4.39 Å². The van der Waals surface area contributed by atoms with Gasteiger partial charge in [0.05, 0.1) is 7.11 Å². The van der Waals surface area contributed by atoms with Gasteiger partial charge in [0.25, 0.3) is 0 Å². The fourth-order valence-corrected chi connectivity index (χ4v) is 3.65. The van der Waals surface area contributed by atoms with Crippen molar-refractivity contribution in [1.29, 1.82) is 0 Å². The minimum atomic E-state index is -0.196. The average Bonchev–Trinajstić information content (AvgIpc) is 2.85. The second-order valence-corrected chi connectivity index (χ2v) is 6.25. The number of ether oxygens (including phenoxy) is 1. The van der Waals surface area contributed by atoms with E-state index in [-0.39, 0.29) is 11.9 Å². The van der Waals surface area contributed by atoms with Crippen LogP contribution in [-0.2, 0) is 0 Å². The maximum Gasteiger partial charge on any atom is 0.131 e. The van der Waals surface area contributed by atoms with Gasteiger partial charge in [0.15, 0.2) is 0 Å². The minimum Gasteiger partial charge on any atom is -0.496 e. The van der Waals surface area contributed by atoms with Gasteiger partial charge in [-0.05, 0) is 44.6 Å². The molecule has 1 saturated carbocycles. The van der Waals surface area contributed by atoms with Crippen molar-refractivity contribution in [3.63, 3.8) is 0 Å². The lowest BCUT2D eigenvalue weighted by molar-refractivity contribution is 0.383. The van der Waals surface area contributed by atoms with Gasteiger partial charge in [0.2, 0.25) is 0 Å². The van der Waals surface area contributed by atoms with E-state index >= 15 is 0 Å². The normalized spacial score (nSPS) is 24.4. The molecule has 1 aromatic rings. The van der Waals surface area contributed by atoms with Crippen LogP contribution in [0.25, 0.3) is 0 Å². The highest BCUT2D eigenvalue weighted by Gasteiger charge is 2.26. The highest BCUT2D eigenvalue weighted by Crippen LogP contribution is 2.32. The predicted octanol–water partition coefficient (Wildman–Crippen LogP) is 3.77. The van der Waals surface area contributed by atoms with E-state index < -0.39 is 0 Å². The molecule has 2 rings (SSSR count). The lowest BCUT2D eigenvalue weighted by Crippen LogP contribution is -2.30. The monoisotopic (exact) mass is 283 g/mol. The largest absolute Gasteiger partial charge is 0.496 e. The molecule has 0 amide bonds. The summed E-state index contributed by atoms with van der Waals surface area (Å²) in [7, 11) is 1.59. The lowest BCUT2D eigenvalue weighted by Gasteiger charge is -2.22. The number of benzene rings is 1. The number of rotatable bonds is 5. The Morgan fingerprint density at radius 2 is 2.21 bits per heavy atom. The Bertz CT molecular complexity index is 427. The molecule has 2 nitrogen and oxygen atoms in total. The number of thioether (sulfide) groups is 1. The summed E-state index contributed by atoms with van der Waals surface area (Å²) < 4.78 is 19.3. The Kier molecular flexibility index (Phi) is 5.11. The van der Waals surface area contributed by atoms with Gasteiger partial charge in [-0.2, -0.15) is 11.8 Å². The molecule has 0 saturated heterocycles. The first-order valence-corrected chi connectivity index (χ1v) is 8.05. The van der Waals surface area contributed by atoms with Crippen LogP contribution in [0.15, 0.2) is 18.2 Å². The van der Waals surface area contributed by atoms with Crippen molar-refractivity contribution in [3.8, 4) is 5.75 Å². The molecule has 0 bridgehead atoms. The van der Waals surface area contributed by atoms with Crippen molar-refractivity contribution in [3.05, 3.63) is 29.6 Å². The lowest BCUT2D eigenvalue weighted by atomic mass is 10.0. The molecule has 0 aromatic heterocycles. The van der Waals surface area contributed by atoms with Crippen LogP contribution in [0.3, 0.4) is 0 Å². The van der Waals surface area contributed by atoms with Gasteiger partial charge in [-0.15, -0.1) is 0 Å². The van der Waals surface area contributed by atoms with Crippen molar-refractivity contribution in [2.45, 2.75) is 43.5 Å². The third kappa shape index (κ3) is 3.42. The van der Waals surface area contributed by atoms with Crippen LogP contribution in [-0.4, -0.2) is 24.7 Å². The standard InChI is InChI=1S/C15H22FNOS/c1-10(17-11-7-8-12(9-11)19-3)15-13(16)5-4-6-14(15)18-2/h4-6,10-12,17H,7-9H2,1-3H3. The summed E-state index contributed by atoms with van der Waals surface area (Å²) >= 11 is 1.93. The summed E-state index contributed by atoms with van der Waals surface area (Å²) in [4.78, 5) is 0. The summed E-state index contributed by atoms with van der Waals surface area (Å²) in [6.45, 7) is 2.01. The van der Waals surface area contributed by atoms with Crippen molar-refractivity contribution in [2.75, 3.05) is 13.4 Å².